The maximum atomic E-state index is 13.5. The lowest BCUT2D eigenvalue weighted by molar-refractivity contribution is 0.0413. The second kappa shape index (κ2) is 10.4. The van der Waals surface area contributed by atoms with Crippen LogP contribution in [0.2, 0.25) is 0 Å². The molecule has 1 aliphatic rings. The summed E-state index contributed by atoms with van der Waals surface area (Å²) < 4.78 is 5.59. The van der Waals surface area contributed by atoms with E-state index in [1.54, 1.807) is 22.5 Å². The summed E-state index contributed by atoms with van der Waals surface area (Å²) in [6.45, 7) is 4.04. The highest BCUT2D eigenvalue weighted by Gasteiger charge is 2.26. The smallest absolute Gasteiger partial charge is 0.278 e. The number of hydrogen-bond acceptors (Lipinski definition) is 7. The van der Waals surface area contributed by atoms with Crippen molar-refractivity contribution >= 4 is 33.6 Å². The lowest BCUT2D eigenvalue weighted by Gasteiger charge is -2.23. The third-order valence-electron chi connectivity index (χ3n) is 7.47. The predicted molar refractivity (Wildman–Crippen MR) is 157 cm³/mol. The number of likely N-dealkylation sites (N-methyl/N-ethyl adjacent to an activating group) is 1. The predicted octanol–water partition coefficient (Wildman–Crippen LogP) is 4.18. The molecule has 0 spiro atoms. The number of nitrogens with zero attached hydrogens (tertiary/aromatic N) is 7. The second-order valence-corrected chi connectivity index (χ2v) is 10.9. The minimum Gasteiger partial charge on any atom is -0.384 e. The molecule has 10 heteroatoms. The molecular weight excluding hydrogens is 504 g/mol. The Bertz CT molecular complexity index is 1780. The van der Waals surface area contributed by atoms with Crippen molar-refractivity contribution in [3.8, 4) is 5.82 Å². The van der Waals surface area contributed by atoms with Crippen LogP contribution in [0.15, 0.2) is 71.8 Å². The summed E-state index contributed by atoms with van der Waals surface area (Å²) >= 11 is 0. The maximum absolute atomic E-state index is 13.5. The topological polar surface area (TPSA) is 106 Å². The number of nitrogens with one attached hydrogen (secondary N) is 1. The summed E-state index contributed by atoms with van der Waals surface area (Å²) in [4.78, 5) is 29.7. The van der Waals surface area contributed by atoms with Crippen LogP contribution in [-0.2, 0) is 18.7 Å². The standard InChI is InChI=1S/C30H34N8O2/c1-30(40)14-6-4-5-7-15-37-28(39)23-20-31-29(34-27(23)38(37)26-10-8-9-25(30)33-26)32-22-11-12-24-21(19-22)13-16-36(24)18-17-35(2)3/h5,7-13,16,19-20,40H,4,6,14-15,17-18H2,1-3H3,(H,31,32,34)/b7-5-. The SMILES string of the molecule is CN(C)CCn1ccc2cc(Nc3ncc4c(=O)n5n(c4n3)-c3cccc(n3)C(C)(O)CCC/C=C\C5)ccc21. The van der Waals surface area contributed by atoms with Crippen LogP contribution < -0.4 is 10.9 Å². The Balaban J connectivity index is 1.40. The number of rotatable bonds is 5. The van der Waals surface area contributed by atoms with Gasteiger partial charge >= 0.3 is 0 Å². The maximum Gasteiger partial charge on any atom is 0.278 e. The van der Waals surface area contributed by atoms with Crippen molar-refractivity contribution in [1.82, 2.24) is 33.8 Å². The van der Waals surface area contributed by atoms with Crippen LogP contribution in [0.3, 0.4) is 0 Å². The van der Waals surface area contributed by atoms with Gasteiger partial charge in [-0.25, -0.2) is 19.3 Å². The van der Waals surface area contributed by atoms with Gasteiger partial charge in [-0.05, 0) is 76.7 Å². The number of hydrogen-bond donors (Lipinski definition) is 2. The molecule has 6 rings (SSSR count). The van der Waals surface area contributed by atoms with Gasteiger partial charge in [-0.15, -0.1) is 0 Å². The Hall–Kier alpha value is -4.28. The minimum absolute atomic E-state index is 0.192. The molecule has 0 saturated heterocycles. The van der Waals surface area contributed by atoms with Gasteiger partial charge in [-0.3, -0.25) is 4.79 Å². The lowest BCUT2D eigenvalue weighted by atomic mass is 9.94. The molecular formula is C30H34N8O2. The van der Waals surface area contributed by atoms with Gasteiger partial charge in [0.15, 0.2) is 11.5 Å². The van der Waals surface area contributed by atoms with Gasteiger partial charge in [0.1, 0.15) is 11.0 Å². The summed E-state index contributed by atoms with van der Waals surface area (Å²) in [5.74, 6) is 0.897. The van der Waals surface area contributed by atoms with E-state index in [0.717, 1.165) is 42.5 Å². The molecule has 1 atom stereocenters. The zero-order valence-corrected chi connectivity index (χ0v) is 23.1. The summed E-state index contributed by atoms with van der Waals surface area (Å²) in [6, 6.07) is 13.8. The van der Waals surface area contributed by atoms with Gasteiger partial charge in [0, 0.05) is 42.1 Å². The molecule has 5 heterocycles. The number of anilines is 2. The van der Waals surface area contributed by atoms with Gasteiger partial charge in [0.05, 0.1) is 12.2 Å². The molecule has 10 nitrogen and oxygen atoms in total. The van der Waals surface area contributed by atoms with Crippen LogP contribution in [0.25, 0.3) is 27.8 Å². The highest BCUT2D eigenvalue weighted by molar-refractivity contribution is 5.85. The van der Waals surface area contributed by atoms with Crippen LogP contribution in [0.4, 0.5) is 11.6 Å². The summed E-state index contributed by atoms with van der Waals surface area (Å²) in [7, 11) is 4.14. The number of fused-ring (bicyclic) bond motifs is 7. The van der Waals surface area contributed by atoms with Crippen LogP contribution in [-0.4, -0.2) is 59.5 Å². The number of aromatic nitrogens is 6. The van der Waals surface area contributed by atoms with Crippen LogP contribution in [0.1, 0.15) is 31.9 Å². The Kier molecular flexibility index (Phi) is 6.73. The quantitative estimate of drug-likeness (QED) is 0.323. The van der Waals surface area contributed by atoms with Crippen molar-refractivity contribution in [3.05, 3.63) is 83.1 Å². The van der Waals surface area contributed by atoms with Crippen molar-refractivity contribution in [2.75, 3.05) is 26.0 Å². The average Bonchev–Trinajstić information content (AvgIpc) is 3.46. The fourth-order valence-electron chi connectivity index (χ4n) is 5.22. The van der Waals surface area contributed by atoms with E-state index in [2.05, 4.69) is 64.3 Å². The van der Waals surface area contributed by atoms with Crippen LogP contribution in [0.5, 0.6) is 0 Å². The Morgan fingerprint density at radius 1 is 1.12 bits per heavy atom. The van der Waals surface area contributed by atoms with Gasteiger partial charge < -0.3 is 19.9 Å². The number of pyridine rings is 1. The monoisotopic (exact) mass is 538 g/mol. The lowest BCUT2D eigenvalue weighted by Crippen LogP contribution is -2.26. The zero-order chi connectivity index (χ0) is 27.9. The van der Waals surface area contributed by atoms with E-state index in [1.807, 2.05) is 30.3 Å². The van der Waals surface area contributed by atoms with Crippen LogP contribution in [0, 0.1) is 0 Å². The molecule has 0 amide bonds. The first-order valence-electron chi connectivity index (χ1n) is 13.6. The summed E-state index contributed by atoms with van der Waals surface area (Å²) in [5, 5.41) is 16.0. The van der Waals surface area contributed by atoms with E-state index < -0.39 is 5.60 Å². The molecule has 40 heavy (non-hydrogen) atoms. The van der Waals surface area contributed by atoms with Gasteiger partial charge in [0.2, 0.25) is 5.95 Å². The van der Waals surface area contributed by atoms with Crippen molar-refractivity contribution in [3.63, 3.8) is 0 Å². The van der Waals surface area contributed by atoms with Crippen molar-refractivity contribution in [1.29, 1.82) is 0 Å². The third-order valence-corrected chi connectivity index (χ3v) is 7.47. The van der Waals surface area contributed by atoms with Gasteiger partial charge in [-0.2, -0.15) is 4.98 Å². The number of benzene rings is 1. The van der Waals surface area contributed by atoms with E-state index in [4.69, 9.17) is 9.97 Å². The minimum atomic E-state index is -1.08. The summed E-state index contributed by atoms with van der Waals surface area (Å²) in [6.07, 6.45) is 9.92. The van der Waals surface area contributed by atoms with Gasteiger partial charge in [-0.1, -0.05) is 18.2 Å². The van der Waals surface area contributed by atoms with Gasteiger partial charge in [0.25, 0.3) is 5.56 Å². The van der Waals surface area contributed by atoms with Crippen LogP contribution >= 0.6 is 0 Å². The molecule has 1 unspecified atom stereocenters. The Labute approximate surface area is 232 Å². The molecule has 4 aromatic heterocycles. The zero-order valence-electron chi connectivity index (χ0n) is 23.1. The Morgan fingerprint density at radius 3 is 2.85 bits per heavy atom. The molecule has 1 aliphatic heterocycles. The third kappa shape index (κ3) is 4.91. The van der Waals surface area contributed by atoms with E-state index in [-0.39, 0.29) is 5.56 Å². The number of aliphatic hydroxyl groups is 1. The normalized spacial score (nSPS) is 18.4. The Morgan fingerprint density at radius 2 is 2.00 bits per heavy atom. The fraction of sp³-hybridized carbons (Fsp3) is 0.333. The van der Waals surface area contributed by atoms with Crippen molar-refractivity contribution < 1.29 is 5.11 Å². The first kappa shape index (κ1) is 26.0. The number of allylic oxidation sites excluding steroid dienone is 2. The highest BCUT2D eigenvalue weighted by atomic mass is 16.3. The molecule has 0 radical (unpaired) electrons. The molecule has 5 aromatic rings. The second-order valence-electron chi connectivity index (χ2n) is 10.9. The van der Waals surface area contributed by atoms with E-state index in [1.165, 1.54) is 0 Å². The molecule has 0 saturated carbocycles. The highest BCUT2D eigenvalue weighted by Crippen LogP contribution is 2.28. The molecule has 2 N–H and O–H groups in total. The first-order chi connectivity index (χ1) is 19.3. The molecule has 2 bridgehead atoms. The molecule has 1 aromatic carbocycles. The summed E-state index contributed by atoms with van der Waals surface area (Å²) in [5.41, 5.74) is 1.76. The van der Waals surface area contributed by atoms with E-state index >= 15 is 0 Å². The van der Waals surface area contributed by atoms with Crippen molar-refractivity contribution in [2.45, 2.75) is 44.9 Å². The molecule has 0 aliphatic carbocycles. The van der Waals surface area contributed by atoms with E-state index in [9.17, 15) is 9.90 Å². The van der Waals surface area contributed by atoms with E-state index in [0.29, 0.717) is 41.5 Å². The molecule has 0 fully saturated rings. The first-order valence-corrected chi connectivity index (χ1v) is 13.6. The van der Waals surface area contributed by atoms with Crippen molar-refractivity contribution in [2.24, 2.45) is 0 Å². The molecule has 206 valence electrons. The fourth-order valence-corrected chi connectivity index (χ4v) is 5.22. The average molecular weight is 539 g/mol. The largest absolute Gasteiger partial charge is 0.384 e.